The average Bonchev–Trinajstić information content (AvgIpc) is 2.53. The summed E-state index contributed by atoms with van der Waals surface area (Å²) in [5, 5.41) is 1.81. The van der Waals surface area contributed by atoms with Crippen LogP contribution in [-0.2, 0) is 10.1 Å². The summed E-state index contributed by atoms with van der Waals surface area (Å²) in [5.41, 5.74) is -6.42. The second-order valence-corrected chi connectivity index (χ2v) is 4.98. The summed E-state index contributed by atoms with van der Waals surface area (Å²) in [4.78, 5) is 22.6. The summed E-state index contributed by atoms with van der Waals surface area (Å²) in [7, 11) is -5.90. The van der Waals surface area contributed by atoms with Crippen molar-refractivity contribution in [2.24, 2.45) is 0 Å². The highest BCUT2D eigenvalue weighted by molar-refractivity contribution is 7.88. The normalized spacial score (nSPS) is 15.1. The summed E-state index contributed by atoms with van der Waals surface area (Å²) >= 11 is 0. The lowest BCUT2D eigenvalue weighted by atomic mass is 10.1. The molecule has 1 aromatic rings. The highest BCUT2D eigenvalue weighted by atomic mass is 32.2. The van der Waals surface area contributed by atoms with Gasteiger partial charge in [0.05, 0.1) is 11.1 Å². The van der Waals surface area contributed by atoms with Gasteiger partial charge in [0.2, 0.25) is 0 Å². The molecule has 0 unspecified atom stereocenters. The predicted octanol–water partition coefficient (Wildman–Crippen LogP) is 0.799. The first kappa shape index (κ1) is 13.3. The highest BCUT2D eigenvalue weighted by Crippen LogP contribution is 2.31. The molecule has 1 aliphatic rings. The molecule has 10 heteroatoms. The van der Waals surface area contributed by atoms with Crippen molar-refractivity contribution >= 4 is 21.9 Å². The molecule has 0 saturated heterocycles. The van der Waals surface area contributed by atoms with Gasteiger partial charge in [-0.1, -0.05) is 6.07 Å². The monoisotopic (exact) mass is 295 g/mol. The lowest BCUT2D eigenvalue weighted by molar-refractivity contribution is -0.0500. The third kappa shape index (κ3) is 2.14. The Bertz CT molecular complexity index is 680. The number of rotatable bonds is 2. The average molecular weight is 295 g/mol. The van der Waals surface area contributed by atoms with E-state index in [2.05, 4.69) is 4.18 Å². The minimum absolute atomic E-state index is 0.250. The molecule has 0 spiro atoms. The molecule has 1 N–H and O–H groups in total. The number of nitrogens with one attached hydrogen (secondary N) is 1. The van der Waals surface area contributed by atoms with Crippen molar-refractivity contribution < 1.29 is 35.4 Å². The lowest BCUT2D eigenvalue weighted by Crippen LogP contribution is -2.28. The van der Waals surface area contributed by atoms with Crippen LogP contribution >= 0.6 is 0 Å². The number of alkyl halides is 3. The number of imide groups is 1. The van der Waals surface area contributed by atoms with Gasteiger partial charge in [-0.15, -0.1) is 0 Å². The van der Waals surface area contributed by atoms with Crippen LogP contribution in [0.25, 0.3) is 0 Å². The van der Waals surface area contributed by atoms with Gasteiger partial charge in [-0.25, -0.2) is 0 Å². The fraction of sp³-hybridized carbons (Fsp3) is 0.111. The number of carbonyl (C=O) groups is 2. The summed E-state index contributed by atoms with van der Waals surface area (Å²) in [5.74, 6) is -2.71. The minimum atomic E-state index is -5.90. The molecular weight excluding hydrogens is 291 g/mol. The van der Waals surface area contributed by atoms with E-state index in [1.165, 1.54) is 0 Å². The molecule has 1 aromatic carbocycles. The van der Waals surface area contributed by atoms with E-state index >= 15 is 0 Å². The molecule has 102 valence electrons. The van der Waals surface area contributed by atoms with E-state index in [4.69, 9.17) is 0 Å². The van der Waals surface area contributed by atoms with Crippen LogP contribution in [0, 0.1) is 0 Å². The van der Waals surface area contributed by atoms with Gasteiger partial charge in [0, 0.05) is 0 Å². The first-order valence-electron chi connectivity index (χ1n) is 4.63. The Labute approximate surface area is 104 Å². The van der Waals surface area contributed by atoms with Crippen molar-refractivity contribution in [3.63, 3.8) is 0 Å². The molecule has 0 aliphatic carbocycles. The zero-order valence-corrected chi connectivity index (χ0v) is 9.63. The SMILES string of the molecule is O=C1NC(=O)c2c(OS(=O)(=O)C(F)(F)F)cccc21. The lowest BCUT2D eigenvalue weighted by Gasteiger charge is -2.10. The smallest absolute Gasteiger partial charge is 0.375 e. The quantitative estimate of drug-likeness (QED) is 0.495. The van der Waals surface area contributed by atoms with E-state index in [0.717, 1.165) is 18.2 Å². The van der Waals surface area contributed by atoms with E-state index in [-0.39, 0.29) is 5.56 Å². The zero-order valence-electron chi connectivity index (χ0n) is 8.82. The Kier molecular flexibility index (Phi) is 2.77. The van der Waals surface area contributed by atoms with Crippen LogP contribution in [0.4, 0.5) is 13.2 Å². The van der Waals surface area contributed by atoms with Gasteiger partial charge in [0.25, 0.3) is 11.8 Å². The molecule has 0 fully saturated rings. The first-order valence-corrected chi connectivity index (χ1v) is 6.04. The fourth-order valence-electron chi connectivity index (χ4n) is 1.42. The number of amides is 2. The van der Waals surface area contributed by atoms with Crippen molar-refractivity contribution in [2.45, 2.75) is 5.51 Å². The molecule has 0 bridgehead atoms. The second kappa shape index (κ2) is 3.95. The molecule has 19 heavy (non-hydrogen) atoms. The van der Waals surface area contributed by atoms with Crippen molar-refractivity contribution in [1.29, 1.82) is 0 Å². The molecular formula is C9H4F3NO5S. The number of hydrogen-bond donors (Lipinski definition) is 1. The van der Waals surface area contributed by atoms with Crippen LogP contribution in [0.1, 0.15) is 20.7 Å². The van der Waals surface area contributed by atoms with Crippen LogP contribution < -0.4 is 9.50 Å². The van der Waals surface area contributed by atoms with Gasteiger partial charge in [0.15, 0.2) is 5.75 Å². The van der Waals surface area contributed by atoms with Gasteiger partial charge in [-0.3, -0.25) is 14.9 Å². The zero-order chi connectivity index (χ0) is 14.4. The maximum absolute atomic E-state index is 12.2. The van der Waals surface area contributed by atoms with Gasteiger partial charge in [-0.05, 0) is 12.1 Å². The number of carbonyl (C=O) groups excluding carboxylic acids is 2. The van der Waals surface area contributed by atoms with Crippen LogP contribution in [0.2, 0.25) is 0 Å². The molecule has 0 atom stereocenters. The fourth-order valence-corrected chi connectivity index (χ4v) is 1.89. The Morgan fingerprint density at radius 2 is 1.74 bits per heavy atom. The standard InChI is InChI=1S/C9H4F3NO5S/c10-9(11,12)19(16,17)18-5-3-1-2-4-6(5)8(15)13-7(4)14/h1-3H,(H,13,14,15). The minimum Gasteiger partial charge on any atom is -0.375 e. The summed E-state index contributed by atoms with van der Waals surface area (Å²) in [6.45, 7) is 0. The number of benzene rings is 1. The van der Waals surface area contributed by atoms with Crippen molar-refractivity contribution in [3.05, 3.63) is 29.3 Å². The van der Waals surface area contributed by atoms with E-state index < -0.39 is 38.8 Å². The summed E-state index contributed by atoms with van der Waals surface area (Å²) in [6, 6.07) is 3.10. The Morgan fingerprint density at radius 3 is 2.32 bits per heavy atom. The van der Waals surface area contributed by atoms with Crippen molar-refractivity contribution in [1.82, 2.24) is 5.32 Å². The molecule has 0 aromatic heterocycles. The van der Waals surface area contributed by atoms with E-state index in [1.54, 1.807) is 0 Å². The molecule has 6 nitrogen and oxygen atoms in total. The van der Waals surface area contributed by atoms with Crippen molar-refractivity contribution in [2.75, 3.05) is 0 Å². The topological polar surface area (TPSA) is 89.5 Å². The van der Waals surface area contributed by atoms with Gasteiger partial charge >= 0.3 is 15.6 Å². The molecule has 0 radical (unpaired) electrons. The van der Waals surface area contributed by atoms with Crippen LogP contribution in [0.15, 0.2) is 18.2 Å². The van der Waals surface area contributed by atoms with Crippen LogP contribution in [-0.4, -0.2) is 25.7 Å². The third-order valence-electron chi connectivity index (χ3n) is 2.21. The molecule has 2 amide bonds. The van der Waals surface area contributed by atoms with Crippen molar-refractivity contribution in [3.8, 4) is 5.75 Å². The summed E-state index contributed by atoms with van der Waals surface area (Å²) in [6.07, 6.45) is 0. The van der Waals surface area contributed by atoms with Gasteiger partial charge in [0.1, 0.15) is 0 Å². The first-order chi connectivity index (χ1) is 8.63. The Hall–Kier alpha value is -2.10. The number of halogens is 3. The third-order valence-corrected chi connectivity index (χ3v) is 3.17. The Morgan fingerprint density at radius 1 is 1.11 bits per heavy atom. The van der Waals surface area contributed by atoms with E-state index in [9.17, 15) is 31.2 Å². The molecule has 2 rings (SSSR count). The molecule has 1 aliphatic heterocycles. The maximum Gasteiger partial charge on any atom is 0.534 e. The summed E-state index contributed by atoms with van der Waals surface area (Å²) < 4.78 is 62.0. The second-order valence-electron chi connectivity index (χ2n) is 3.45. The number of hydrogen-bond acceptors (Lipinski definition) is 5. The Balaban J connectivity index is 2.51. The molecule has 0 saturated carbocycles. The van der Waals surface area contributed by atoms with Crippen LogP contribution in [0.3, 0.4) is 0 Å². The van der Waals surface area contributed by atoms with Gasteiger partial charge < -0.3 is 4.18 Å². The van der Waals surface area contributed by atoms with Crippen LogP contribution in [0.5, 0.6) is 5.75 Å². The van der Waals surface area contributed by atoms with E-state index in [1.807, 2.05) is 5.32 Å². The largest absolute Gasteiger partial charge is 0.534 e. The van der Waals surface area contributed by atoms with Gasteiger partial charge in [-0.2, -0.15) is 21.6 Å². The van der Waals surface area contributed by atoms with E-state index in [0.29, 0.717) is 0 Å². The molecule has 1 heterocycles. The maximum atomic E-state index is 12.2. The highest BCUT2D eigenvalue weighted by Gasteiger charge is 2.49. The predicted molar refractivity (Wildman–Crippen MR) is 53.8 cm³/mol. The number of fused-ring (bicyclic) bond motifs is 1.